The summed E-state index contributed by atoms with van der Waals surface area (Å²) >= 11 is 0. The smallest absolute Gasteiger partial charge is 0.407 e. The summed E-state index contributed by atoms with van der Waals surface area (Å²) in [5.74, 6) is 0. The van der Waals surface area contributed by atoms with Gasteiger partial charge in [0.05, 0.1) is 7.11 Å². The third-order valence-electron chi connectivity index (χ3n) is 1.39. The Morgan fingerprint density at radius 2 is 2.27 bits per heavy atom. The average Bonchev–Trinajstić information content (AvgIpc) is 2.12. The van der Waals surface area contributed by atoms with Crippen LogP contribution < -0.4 is 5.32 Å². The second kappa shape index (κ2) is 3.60. The number of hydrogen-bond donors (Lipinski definition) is 1. The van der Waals surface area contributed by atoms with Gasteiger partial charge in [-0.15, -0.1) is 0 Å². The monoisotopic (exact) mass is 165 g/mol. The summed E-state index contributed by atoms with van der Waals surface area (Å²) in [6.07, 6.45) is -0.864. The Labute approximate surface area is 76.5 Å². The van der Waals surface area contributed by atoms with E-state index in [1.54, 1.807) is 0 Å². The standard InChI is InChI=1S/C8H17NO2/c1-6(8(2,3)4)9-7(10)11-5/h6H,1-5H3,(H,9,10)/t6-/m1/s1/i2D3,3D3. The lowest BCUT2D eigenvalue weighted by Crippen LogP contribution is -2.41. The number of carbonyl (C=O) groups excluding carboxylic acids is 1. The molecule has 3 heteroatoms. The lowest BCUT2D eigenvalue weighted by Gasteiger charge is -2.27. The van der Waals surface area contributed by atoms with Crippen molar-refractivity contribution in [2.24, 2.45) is 5.41 Å². The molecule has 0 aliphatic rings. The number of alkyl carbamates (subject to hydrolysis) is 1. The van der Waals surface area contributed by atoms with Crippen LogP contribution in [0.4, 0.5) is 4.79 Å². The van der Waals surface area contributed by atoms with Crippen LogP contribution in [0.5, 0.6) is 0 Å². The van der Waals surface area contributed by atoms with E-state index in [4.69, 9.17) is 8.22 Å². The van der Waals surface area contributed by atoms with E-state index in [-0.39, 0.29) is 0 Å². The zero-order valence-electron chi connectivity index (χ0n) is 12.9. The third-order valence-corrected chi connectivity index (χ3v) is 1.39. The summed E-state index contributed by atoms with van der Waals surface area (Å²) in [5.41, 5.74) is -2.05. The summed E-state index contributed by atoms with van der Waals surface area (Å²) in [6.45, 7) is -3.04. The maximum atomic E-state index is 11.0. The highest BCUT2D eigenvalue weighted by atomic mass is 16.5. The van der Waals surface area contributed by atoms with Gasteiger partial charge >= 0.3 is 6.09 Å². The molecule has 0 aromatic heterocycles. The molecule has 0 spiro atoms. The number of carbonyl (C=O) groups is 1. The largest absolute Gasteiger partial charge is 0.453 e. The highest BCUT2D eigenvalue weighted by Gasteiger charge is 2.21. The van der Waals surface area contributed by atoms with Crippen LogP contribution in [-0.4, -0.2) is 19.2 Å². The van der Waals surface area contributed by atoms with Crippen LogP contribution in [0.3, 0.4) is 0 Å². The van der Waals surface area contributed by atoms with Crippen molar-refractivity contribution in [2.75, 3.05) is 7.11 Å². The van der Waals surface area contributed by atoms with E-state index >= 15 is 0 Å². The zero-order chi connectivity index (χ0) is 14.1. The minimum atomic E-state index is -2.74. The number of hydrogen-bond acceptors (Lipinski definition) is 2. The van der Waals surface area contributed by atoms with Crippen molar-refractivity contribution in [3.05, 3.63) is 0 Å². The van der Waals surface area contributed by atoms with Crippen LogP contribution in [0.25, 0.3) is 0 Å². The fourth-order valence-corrected chi connectivity index (χ4v) is 0.380. The molecule has 0 saturated heterocycles. The fourth-order valence-electron chi connectivity index (χ4n) is 0.380. The van der Waals surface area contributed by atoms with Crippen LogP contribution in [0, 0.1) is 5.41 Å². The molecule has 11 heavy (non-hydrogen) atoms. The van der Waals surface area contributed by atoms with Crippen LogP contribution >= 0.6 is 0 Å². The summed E-state index contributed by atoms with van der Waals surface area (Å²) in [5, 5.41) is 2.20. The van der Waals surface area contributed by atoms with Gasteiger partial charge in [-0.05, 0) is 12.3 Å². The van der Waals surface area contributed by atoms with Gasteiger partial charge in [0.25, 0.3) is 0 Å². The highest BCUT2D eigenvalue weighted by Crippen LogP contribution is 2.18. The molecule has 0 heterocycles. The van der Waals surface area contributed by atoms with E-state index in [9.17, 15) is 4.79 Å². The van der Waals surface area contributed by atoms with Crippen molar-refractivity contribution in [1.82, 2.24) is 5.32 Å². The molecule has 0 bridgehead atoms. The van der Waals surface area contributed by atoms with E-state index in [1.807, 2.05) is 0 Å². The molecule has 0 radical (unpaired) electrons. The maximum Gasteiger partial charge on any atom is 0.407 e. The van der Waals surface area contributed by atoms with E-state index in [1.165, 1.54) is 6.92 Å². The van der Waals surface area contributed by atoms with Gasteiger partial charge in [0, 0.05) is 14.3 Å². The minimum Gasteiger partial charge on any atom is -0.453 e. The van der Waals surface area contributed by atoms with E-state index < -0.39 is 31.3 Å². The quantitative estimate of drug-likeness (QED) is 0.643. The predicted molar refractivity (Wildman–Crippen MR) is 44.5 cm³/mol. The van der Waals surface area contributed by atoms with Gasteiger partial charge in [0.15, 0.2) is 0 Å². The van der Waals surface area contributed by atoms with Crippen LogP contribution in [-0.2, 0) is 4.74 Å². The SMILES string of the molecule is [2H]C([2H])([2H])C(C)([C@@H](C)NC(=O)OC)C([2H])([2H])[2H]. The number of methoxy groups -OCH3 is 1. The molecule has 1 amide bonds. The Balaban J connectivity index is 5.29. The maximum absolute atomic E-state index is 11.0. The molecular formula is C8H17NO2. The molecule has 0 aromatic rings. The Morgan fingerprint density at radius 3 is 2.64 bits per heavy atom. The van der Waals surface area contributed by atoms with Gasteiger partial charge < -0.3 is 10.1 Å². The van der Waals surface area contributed by atoms with Crippen molar-refractivity contribution in [2.45, 2.75) is 33.6 Å². The fraction of sp³-hybridized carbons (Fsp3) is 0.875. The van der Waals surface area contributed by atoms with Crippen LogP contribution in [0.1, 0.15) is 35.8 Å². The first-order valence-corrected chi connectivity index (χ1v) is 3.22. The second-order valence-corrected chi connectivity index (χ2v) is 2.56. The Kier molecular flexibility index (Phi) is 1.24. The second-order valence-electron chi connectivity index (χ2n) is 2.56. The van der Waals surface area contributed by atoms with Gasteiger partial charge in [-0.3, -0.25) is 0 Å². The van der Waals surface area contributed by atoms with Crippen LogP contribution in [0.15, 0.2) is 0 Å². The Bertz CT molecular complexity index is 271. The molecule has 0 fully saturated rings. The third kappa shape index (κ3) is 3.86. The molecule has 66 valence electrons. The van der Waals surface area contributed by atoms with Crippen LogP contribution in [0.2, 0.25) is 0 Å². The normalized spacial score (nSPS) is 24.3. The summed E-state index contributed by atoms with van der Waals surface area (Å²) in [4.78, 5) is 11.0. The first-order chi connectivity index (χ1) is 7.38. The van der Waals surface area contributed by atoms with Gasteiger partial charge in [-0.25, -0.2) is 4.79 Å². The first kappa shape index (κ1) is 3.78. The average molecular weight is 165 g/mol. The molecule has 0 rings (SSSR count). The van der Waals surface area contributed by atoms with E-state index in [2.05, 4.69) is 10.1 Å². The lowest BCUT2D eigenvalue weighted by atomic mass is 9.88. The van der Waals surface area contributed by atoms with Crippen molar-refractivity contribution in [3.63, 3.8) is 0 Å². The van der Waals surface area contributed by atoms with Crippen molar-refractivity contribution in [3.8, 4) is 0 Å². The molecule has 0 unspecified atom stereocenters. The van der Waals surface area contributed by atoms with Gasteiger partial charge in [-0.1, -0.05) is 20.6 Å². The number of nitrogens with one attached hydrogen (secondary N) is 1. The molecule has 1 N–H and O–H groups in total. The summed E-state index contributed by atoms with van der Waals surface area (Å²) < 4.78 is 48.5. The van der Waals surface area contributed by atoms with Crippen molar-refractivity contribution >= 4 is 6.09 Å². The summed E-state index contributed by atoms with van der Waals surface area (Å²) in [7, 11) is 1.12. The molecule has 0 aliphatic heterocycles. The molecule has 0 aliphatic carbocycles. The zero-order valence-corrected chi connectivity index (χ0v) is 6.89. The predicted octanol–water partition coefficient (Wildman–Crippen LogP) is 1.78. The minimum absolute atomic E-state index is 0.864. The molecular weight excluding hydrogens is 142 g/mol. The molecule has 0 saturated carbocycles. The number of amides is 1. The van der Waals surface area contributed by atoms with E-state index in [0.29, 0.717) is 0 Å². The van der Waals surface area contributed by atoms with Gasteiger partial charge in [0.1, 0.15) is 0 Å². The van der Waals surface area contributed by atoms with Gasteiger partial charge in [-0.2, -0.15) is 0 Å². The molecule has 0 aromatic carbocycles. The topological polar surface area (TPSA) is 38.3 Å². The summed E-state index contributed by atoms with van der Waals surface area (Å²) in [6, 6.07) is -1.09. The van der Waals surface area contributed by atoms with Crippen molar-refractivity contribution < 1.29 is 17.8 Å². The lowest BCUT2D eigenvalue weighted by molar-refractivity contribution is 0.156. The van der Waals surface area contributed by atoms with Gasteiger partial charge in [0.2, 0.25) is 0 Å². The molecule has 1 atom stereocenters. The highest BCUT2D eigenvalue weighted by molar-refractivity contribution is 5.67. The number of ether oxygens (including phenoxy) is 1. The van der Waals surface area contributed by atoms with Crippen molar-refractivity contribution in [1.29, 1.82) is 0 Å². The number of rotatable bonds is 1. The molecule has 3 nitrogen and oxygen atoms in total. The Hall–Kier alpha value is -0.730. The first-order valence-electron chi connectivity index (χ1n) is 6.22. The van der Waals surface area contributed by atoms with E-state index in [0.717, 1.165) is 14.0 Å². The Morgan fingerprint density at radius 1 is 1.73 bits per heavy atom.